The summed E-state index contributed by atoms with van der Waals surface area (Å²) in [5.41, 5.74) is 8.73. The molecule has 0 aliphatic heterocycles. The Morgan fingerprint density at radius 2 is 1.71 bits per heavy atom. The molecule has 1 aromatic heterocycles. The van der Waals surface area contributed by atoms with Crippen LogP contribution in [0.4, 0.5) is 5.95 Å². The van der Waals surface area contributed by atoms with Gasteiger partial charge in [0.15, 0.2) is 5.82 Å². The molecule has 0 saturated heterocycles. The van der Waals surface area contributed by atoms with Crippen LogP contribution in [0.1, 0.15) is 17.0 Å². The molecule has 0 aliphatic carbocycles. The van der Waals surface area contributed by atoms with Gasteiger partial charge in [0.25, 0.3) is 0 Å². The molecule has 0 spiro atoms. The Morgan fingerprint density at radius 1 is 1.00 bits per heavy atom. The van der Waals surface area contributed by atoms with Crippen molar-refractivity contribution in [1.29, 1.82) is 0 Å². The Bertz CT molecular complexity index is 822. The largest absolute Gasteiger partial charge is 0.489 e. The van der Waals surface area contributed by atoms with Crippen LogP contribution >= 0.6 is 0 Å². The summed E-state index contributed by atoms with van der Waals surface area (Å²) < 4.78 is 5.80. The van der Waals surface area contributed by atoms with E-state index in [1.54, 1.807) is 6.92 Å². The first kappa shape index (κ1) is 15.7. The molecule has 0 bridgehead atoms. The van der Waals surface area contributed by atoms with Crippen molar-refractivity contribution < 1.29 is 4.74 Å². The van der Waals surface area contributed by atoms with E-state index in [4.69, 9.17) is 10.5 Å². The predicted octanol–water partition coefficient (Wildman–Crippen LogP) is 3.65. The lowest BCUT2D eigenvalue weighted by Gasteiger charge is -2.08. The van der Waals surface area contributed by atoms with Crippen molar-refractivity contribution in [3.05, 3.63) is 72.1 Å². The SMILES string of the molecule is C=Cc1ccc(COc2ccc(-c3nc(C)nc(N)n3)cc2)cc1. The van der Waals surface area contributed by atoms with Gasteiger partial charge in [-0.15, -0.1) is 0 Å². The molecular formula is C19H18N4O. The molecule has 5 nitrogen and oxygen atoms in total. The van der Waals surface area contributed by atoms with E-state index in [0.717, 1.165) is 22.4 Å². The van der Waals surface area contributed by atoms with Gasteiger partial charge in [-0.3, -0.25) is 0 Å². The first-order chi connectivity index (χ1) is 11.6. The second kappa shape index (κ2) is 6.91. The van der Waals surface area contributed by atoms with Crippen LogP contribution in [0.2, 0.25) is 0 Å². The Labute approximate surface area is 140 Å². The summed E-state index contributed by atoms with van der Waals surface area (Å²) in [6.45, 7) is 6.04. The zero-order chi connectivity index (χ0) is 16.9. The minimum absolute atomic E-state index is 0.223. The van der Waals surface area contributed by atoms with Crippen LogP contribution in [-0.4, -0.2) is 15.0 Å². The summed E-state index contributed by atoms with van der Waals surface area (Å²) >= 11 is 0. The fraction of sp³-hybridized carbons (Fsp3) is 0.105. The molecule has 0 radical (unpaired) electrons. The zero-order valence-corrected chi connectivity index (χ0v) is 13.4. The maximum Gasteiger partial charge on any atom is 0.223 e. The highest BCUT2D eigenvalue weighted by Crippen LogP contribution is 2.20. The highest BCUT2D eigenvalue weighted by atomic mass is 16.5. The lowest BCUT2D eigenvalue weighted by Crippen LogP contribution is -2.02. The van der Waals surface area contributed by atoms with Crippen molar-refractivity contribution in [2.24, 2.45) is 0 Å². The standard InChI is InChI=1S/C19H18N4O/c1-3-14-4-6-15(7-5-14)12-24-17-10-8-16(9-11-17)18-21-13(2)22-19(20)23-18/h3-11H,1,12H2,2H3,(H2,20,21,22,23). The molecule has 3 rings (SSSR count). The Morgan fingerprint density at radius 3 is 2.33 bits per heavy atom. The van der Waals surface area contributed by atoms with E-state index in [0.29, 0.717) is 18.3 Å². The molecule has 0 saturated carbocycles. The number of nitrogens with zero attached hydrogens (tertiary/aromatic N) is 3. The quantitative estimate of drug-likeness (QED) is 0.777. The number of nitrogens with two attached hydrogens (primary N) is 1. The molecule has 0 fully saturated rings. The van der Waals surface area contributed by atoms with Crippen LogP contribution in [0.15, 0.2) is 55.1 Å². The molecule has 0 atom stereocenters. The number of hydrogen-bond donors (Lipinski definition) is 1. The molecule has 3 aromatic rings. The second-order valence-corrected chi connectivity index (χ2v) is 5.32. The minimum atomic E-state index is 0.223. The third-order valence-corrected chi connectivity index (χ3v) is 3.50. The summed E-state index contributed by atoms with van der Waals surface area (Å²) in [6.07, 6.45) is 1.82. The van der Waals surface area contributed by atoms with E-state index in [1.165, 1.54) is 0 Å². The van der Waals surface area contributed by atoms with Crippen LogP contribution < -0.4 is 10.5 Å². The topological polar surface area (TPSA) is 73.9 Å². The van der Waals surface area contributed by atoms with Crippen LogP contribution in [0.5, 0.6) is 5.75 Å². The number of aryl methyl sites for hydroxylation is 1. The molecule has 2 aromatic carbocycles. The van der Waals surface area contributed by atoms with Gasteiger partial charge in [0, 0.05) is 5.56 Å². The number of benzene rings is 2. The van der Waals surface area contributed by atoms with Gasteiger partial charge >= 0.3 is 0 Å². The van der Waals surface area contributed by atoms with Gasteiger partial charge in [-0.25, -0.2) is 4.98 Å². The van der Waals surface area contributed by atoms with Crippen LogP contribution in [0, 0.1) is 6.92 Å². The number of nitrogen functional groups attached to an aromatic ring is 1. The van der Waals surface area contributed by atoms with E-state index in [1.807, 2.05) is 54.6 Å². The Kier molecular flexibility index (Phi) is 4.52. The molecule has 24 heavy (non-hydrogen) atoms. The molecule has 0 unspecified atom stereocenters. The fourth-order valence-corrected chi connectivity index (χ4v) is 2.25. The lowest BCUT2D eigenvalue weighted by atomic mass is 10.1. The highest BCUT2D eigenvalue weighted by molar-refractivity contribution is 5.57. The predicted molar refractivity (Wildman–Crippen MR) is 95.3 cm³/mol. The average molecular weight is 318 g/mol. The van der Waals surface area contributed by atoms with E-state index in [-0.39, 0.29) is 5.95 Å². The summed E-state index contributed by atoms with van der Waals surface area (Å²) in [7, 11) is 0. The van der Waals surface area contributed by atoms with Gasteiger partial charge < -0.3 is 10.5 Å². The second-order valence-electron chi connectivity index (χ2n) is 5.32. The summed E-state index contributed by atoms with van der Waals surface area (Å²) in [5.74, 6) is 2.17. The zero-order valence-electron chi connectivity index (χ0n) is 13.4. The molecule has 1 heterocycles. The monoisotopic (exact) mass is 318 g/mol. The normalized spacial score (nSPS) is 10.4. The molecule has 5 heteroatoms. The smallest absolute Gasteiger partial charge is 0.223 e. The van der Waals surface area contributed by atoms with Gasteiger partial charge in [-0.05, 0) is 42.3 Å². The fourth-order valence-electron chi connectivity index (χ4n) is 2.25. The molecule has 0 amide bonds. The maximum absolute atomic E-state index is 5.80. The van der Waals surface area contributed by atoms with Gasteiger partial charge in [0.2, 0.25) is 5.95 Å². The van der Waals surface area contributed by atoms with Crippen LogP contribution in [0.25, 0.3) is 17.5 Å². The van der Waals surface area contributed by atoms with Crippen molar-refractivity contribution >= 4 is 12.0 Å². The maximum atomic E-state index is 5.80. The van der Waals surface area contributed by atoms with Crippen molar-refractivity contribution in [2.75, 3.05) is 5.73 Å². The Hall–Kier alpha value is -3.21. The number of hydrogen-bond acceptors (Lipinski definition) is 5. The summed E-state index contributed by atoms with van der Waals surface area (Å²) in [6, 6.07) is 15.7. The van der Waals surface area contributed by atoms with Crippen molar-refractivity contribution in [3.8, 4) is 17.1 Å². The summed E-state index contributed by atoms with van der Waals surface area (Å²) in [5, 5.41) is 0. The number of anilines is 1. The third kappa shape index (κ3) is 3.76. The molecule has 120 valence electrons. The first-order valence-electron chi connectivity index (χ1n) is 7.57. The summed E-state index contributed by atoms with van der Waals surface area (Å²) in [4.78, 5) is 12.4. The number of ether oxygens (including phenoxy) is 1. The van der Waals surface area contributed by atoms with E-state index < -0.39 is 0 Å². The lowest BCUT2D eigenvalue weighted by molar-refractivity contribution is 0.306. The van der Waals surface area contributed by atoms with E-state index in [9.17, 15) is 0 Å². The first-order valence-corrected chi connectivity index (χ1v) is 7.57. The Balaban J connectivity index is 1.68. The molecular weight excluding hydrogens is 300 g/mol. The number of aromatic nitrogens is 3. The van der Waals surface area contributed by atoms with Gasteiger partial charge in [-0.2, -0.15) is 9.97 Å². The van der Waals surface area contributed by atoms with E-state index in [2.05, 4.69) is 21.5 Å². The van der Waals surface area contributed by atoms with Gasteiger partial charge in [0.1, 0.15) is 18.2 Å². The van der Waals surface area contributed by atoms with E-state index >= 15 is 0 Å². The van der Waals surface area contributed by atoms with Crippen LogP contribution in [-0.2, 0) is 6.61 Å². The number of rotatable bonds is 5. The molecule has 2 N–H and O–H groups in total. The van der Waals surface area contributed by atoms with Crippen molar-refractivity contribution in [3.63, 3.8) is 0 Å². The molecule has 0 aliphatic rings. The van der Waals surface area contributed by atoms with Crippen LogP contribution in [0.3, 0.4) is 0 Å². The third-order valence-electron chi connectivity index (χ3n) is 3.50. The minimum Gasteiger partial charge on any atom is -0.489 e. The van der Waals surface area contributed by atoms with Gasteiger partial charge in [-0.1, -0.05) is 36.9 Å². The van der Waals surface area contributed by atoms with Gasteiger partial charge in [0.05, 0.1) is 0 Å². The van der Waals surface area contributed by atoms with Crippen molar-refractivity contribution in [1.82, 2.24) is 15.0 Å². The average Bonchev–Trinajstić information content (AvgIpc) is 2.60. The van der Waals surface area contributed by atoms with Crippen molar-refractivity contribution in [2.45, 2.75) is 13.5 Å². The highest BCUT2D eigenvalue weighted by Gasteiger charge is 2.05.